The van der Waals surface area contributed by atoms with Gasteiger partial charge in [0.05, 0.1) is 16.4 Å². The first-order valence-electron chi connectivity index (χ1n) is 6.13. The van der Waals surface area contributed by atoms with Gasteiger partial charge in [0.25, 0.3) is 0 Å². The minimum atomic E-state index is 0.319. The van der Waals surface area contributed by atoms with Crippen LogP contribution in [0.5, 0.6) is 0 Å². The summed E-state index contributed by atoms with van der Waals surface area (Å²) in [6.07, 6.45) is 2.15. The Bertz CT molecular complexity index is 383. The van der Waals surface area contributed by atoms with E-state index in [0.29, 0.717) is 12.5 Å². The summed E-state index contributed by atoms with van der Waals surface area (Å²) < 4.78 is 1.87. The minimum absolute atomic E-state index is 0.319. The molecule has 0 aromatic carbocycles. The molecule has 2 rings (SSSR count). The van der Waals surface area contributed by atoms with Crippen molar-refractivity contribution in [1.82, 2.24) is 14.7 Å². The Balaban J connectivity index is 1.98. The van der Waals surface area contributed by atoms with Gasteiger partial charge in [-0.15, -0.1) is 0 Å². The molecule has 1 aromatic rings. The molecule has 0 atom stereocenters. The lowest BCUT2D eigenvalue weighted by Gasteiger charge is -2.30. The minimum Gasteiger partial charge on any atom is -0.396 e. The number of aliphatic hydroxyl groups excluding tert-OH is 1. The first-order chi connectivity index (χ1) is 8.11. The molecule has 1 N–H and O–H groups in total. The van der Waals surface area contributed by atoms with Crippen LogP contribution < -0.4 is 0 Å². The third-order valence-electron chi connectivity index (χ3n) is 3.60. The van der Waals surface area contributed by atoms with Crippen LogP contribution in [0.2, 0.25) is 5.02 Å². The molecule has 96 valence electrons. The number of aromatic nitrogens is 2. The maximum atomic E-state index is 9.10. The molecular weight excluding hydrogens is 238 g/mol. The quantitative estimate of drug-likeness (QED) is 0.894. The molecule has 0 bridgehead atoms. The summed E-state index contributed by atoms with van der Waals surface area (Å²) >= 11 is 6.24. The van der Waals surface area contributed by atoms with Gasteiger partial charge in [0, 0.05) is 20.2 Å². The molecule has 2 heterocycles. The Morgan fingerprint density at radius 2 is 2.06 bits per heavy atom. The van der Waals surface area contributed by atoms with E-state index < -0.39 is 0 Å². The Morgan fingerprint density at radius 3 is 2.53 bits per heavy atom. The summed E-state index contributed by atoms with van der Waals surface area (Å²) in [4.78, 5) is 2.38. The molecule has 1 aromatic heterocycles. The van der Waals surface area contributed by atoms with Gasteiger partial charge in [0.2, 0.25) is 0 Å². The van der Waals surface area contributed by atoms with Crippen LogP contribution in [0.25, 0.3) is 0 Å². The summed E-state index contributed by atoms with van der Waals surface area (Å²) in [6, 6.07) is 0. The van der Waals surface area contributed by atoms with E-state index in [0.717, 1.165) is 48.9 Å². The van der Waals surface area contributed by atoms with Crippen LogP contribution in [-0.4, -0.2) is 39.5 Å². The van der Waals surface area contributed by atoms with E-state index in [1.807, 2.05) is 18.7 Å². The summed E-state index contributed by atoms with van der Waals surface area (Å²) in [5.41, 5.74) is 1.99. The van der Waals surface area contributed by atoms with Crippen molar-refractivity contribution in [3.8, 4) is 0 Å². The van der Waals surface area contributed by atoms with E-state index in [1.165, 1.54) is 0 Å². The number of rotatable bonds is 3. The van der Waals surface area contributed by atoms with Crippen LogP contribution >= 0.6 is 11.6 Å². The number of nitrogens with zero attached hydrogens (tertiary/aromatic N) is 3. The van der Waals surface area contributed by atoms with Crippen molar-refractivity contribution in [1.29, 1.82) is 0 Å². The summed E-state index contributed by atoms with van der Waals surface area (Å²) in [5, 5.41) is 14.2. The second-order valence-corrected chi connectivity index (χ2v) is 5.25. The van der Waals surface area contributed by atoms with Gasteiger partial charge in [-0.3, -0.25) is 9.58 Å². The second-order valence-electron chi connectivity index (χ2n) is 4.87. The molecule has 1 fully saturated rings. The number of hydrogen-bond donors (Lipinski definition) is 1. The van der Waals surface area contributed by atoms with Crippen LogP contribution in [-0.2, 0) is 13.6 Å². The van der Waals surface area contributed by atoms with Crippen LogP contribution in [0.4, 0.5) is 0 Å². The van der Waals surface area contributed by atoms with Gasteiger partial charge in [-0.1, -0.05) is 11.6 Å². The third kappa shape index (κ3) is 2.81. The smallest absolute Gasteiger partial charge is 0.0860 e. The lowest BCUT2D eigenvalue weighted by molar-refractivity contribution is 0.125. The number of aryl methyl sites for hydroxylation is 2. The van der Waals surface area contributed by atoms with Crippen molar-refractivity contribution in [2.75, 3.05) is 19.7 Å². The van der Waals surface area contributed by atoms with Crippen LogP contribution in [0, 0.1) is 12.8 Å². The maximum Gasteiger partial charge on any atom is 0.0860 e. The zero-order chi connectivity index (χ0) is 12.4. The number of piperidine rings is 1. The summed E-state index contributed by atoms with van der Waals surface area (Å²) in [6.45, 7) is 5.18. The molecule has 0 unspecified atom stereocenters. The molecule has 0 saturated carbocycles. The zero-order valence-electron chi connectivity index (χ0n) is 10.5. The van der Waals surface area contributed by atoms with Gasteiger partial charge in [-0.05, 0) is 38.8 Å². The SMILES string of the molecule is Cc1nn(C)c(CN2CCC(CO)CC2)c1Cl. The largest absolute Gasteiger partial charge is 0.396 e. The van der Waals surface area contributed by atoms with Crippen molar-refractivity contribution >= 4 is 11.6 Å². The number of likely N-dealkylation sites (tertiary alicyclic amines) is 1. The average molecular weight is 258 g/mol. The van der Waals surface area contributed by atoms with Gasteiger partial charge < -0.3 is 5.11 Å². The van der Waals surface area contributed by atoms with Crippen LogP contribution in [0.3, 0.4) is 0 Å². The molecule has 17 heavy (non-hydrogen) atoms. The fourth-order valence-corrected chi connectivity index (χ4v) is 2.61. The average Bonchev–Trinajstić information content (AvgIpc) is 2.57. The van der Waals surface area contributed by atoms with Crippen LogP contribution in [0.1, 0.15) is 24.2 Å². The molecular formula is C12H20ClN3O. The molecule has 0 spiro atoms. The van der Waals surface area contributed by atoms with Crippen molar-refractivity contribution in [2.24, 2.45) is 13.0 Å². The normalized spacial score (nSPS) is 18.8. The maximum absolute atomic E-state index is 9.10. The fourth-order valence-electron chi connectivity index (χ4n) is 2.39. The van der Waals surface area contributed by atoms with Gasteiger partial charge >= 0.3 is 0 Å². The van der Waals surface area contributed by atoms with E-state index in [-0.39, 0.29) is 0 Å². The topological polar surface area (TPSA) is 41.3 Å². The van der Waals surface area contributed by atoms with Gasteiger partial charge in [0.15, 0.2) is 0 Å². The molecule has 5 heteroatoms. The van der Waals surface area contributed by atoms with E-state index in [2.05, 4.69) is 10.00 Å². The third-order valence-corrected chi connectivity index (χ3v) is 4.09. The first kappa shape index (κ1) is 12.9. The molecule has 0 radical (unpaired) electrons. The Labute approximate surface area is 107 Å². The van der Waals surface area contributed by atoms with Crippen molar-refractivity contribution in [2.45, 2.75) is 26.3 Å². The number of halogens is 1. The lowest BCUT2D eigenvalue weighted by atomic mass is 9.98. The Morgan fingerprint density at radius 1 is 1.41 bits per heavy atom. The van der Waals surface area contributed by atoms with E-state index >= 15 is 0 Å². The number of hydrogen-bond acceptors (Lipinski definition) is 3. The highest BCUT2D eigenvalue weighted by Crippen LogP contribution is 2.23. The predicted octanol–water partition coefficient (Wildman–Crippen LogP) is 1.59. The highest BCUT2D eigenvalue weighted by Gasteiger charge is 2.21. The summed E-state index contributed by atoms with van der Waals surface area (Å²) in [7, 11) is 1.94. The highest BCUT2D eigenvalue weighted by molar-refractivity contribution is 6.31. The zero-order valence-corrected chi connectivity index (χ0v) is 11.2. The highest BCUT2D eigenvalue weighted by atomic mass is 35.5. The fraction of sp³-hybridized carbons (Fsp3) is 0.750. The molecule has 0 aliphatic carbocycles. The van der Waals surface area contributed by atoms with E-state index in [9.17, 15) is 0 Å². The lowest BCUT2D eigenvalue weighted by Crippen LogP contribution is -2.34. The van der Waals surface area contributed by atoms with Crippen molar-refractivity contribution < 1.29 is 5.11 Å². The van der Waals surface area contributed by atoms with Crippen LogP contribution in [0.15, 0.2) is 0 Å². The van der Waals surface area contributed by atoms with Crippen molar-refractivity contribution in [3.63, 3.8) is 0 Å². The first-order valence-corrected chi connectivity index (χ1v) is 6.50. The molecule has 1 saturated heterocycles. The molecule has 1 aliphatic rings. The molecule has 0 amide bonds. The number of aliphatic hydroxyl groups is 1. The van der Waals surface area contributed by atoms with E-state index in [4.69, 9.17) is 16.7 Å². The van der Waals surface area contributed by atoms with Gasteiger partial charge in [-0.2, -0.15) is 5.10 Å². The standard InChI is InChI=1S/C12H20ClN3O/c1-9-12(13)11(15(2)14-9)7-16-5-3-10(8-17)4-6-16/h10,17H,3-8H2,1-2H3. The second kappa shape index (κ2) is 5.38. The van der Waals surface area contributed by atoms with Gasteiger partial charge in [0.1, 0.15) is 0 Å². The van der Waals surface area contributed by atoms with Gasteiger partial charge in [-0.25, -0.2) is 0 Å². The van der Waals surface area contributed by atoms with E-state index in [1.54, 1.807) is 0 Å². The van der Waals surface area contributed by atoms with Crippen molar-refractivity contribution in [3.05, 3.63) is 16.4 Å². The Hall–Kier alpha value is -0.580. The predicted molar refractivity (Wildman–Crippen MR) is 68.0 cm³/mol. The molecule has 1 aliphatic heterocycles. The summed E-state index contributed by atoms with van der Waals surface area (Å²) in [5.74, 6) is 0.481. The monoisotopic (exact) mass is 257 g/mol. The Kier molecular flexibility index (Phi) is 4.07. The molecule has 4 nitrogen and oxygen atoms in total.